The number of pyridine rings is 1. The second kappa shape index (κ2) is 5.64. The number of nitrogens with zero attached hydrogens (tertiary/aromatic N) is 2. The number of piperidine rings is 1. The molecular weight excluding hydrogens is 264 g/mol. The van der Waals surface area contributed by atoms with Gasteiger partial charge in [0, 0.05) is 24.3 Å². The van der Waals surface area contributed by atoms with Crippen LogP contribution >= 0.6 is 0 Å². The molecule has 1 saturated heterocycles. The number of likely N-dealkylation sites (tertiary alicyclic amines) is 1. The van der Waals surface area contributed by atoms with Crippen molar-refractivity contribution in [3.63, 3.8) is 0 Å². The first-order chi connectivity index (χ1) is 10.1. The van der Waals surface area contributed by atoms with E-state index >= 15 is 0 Å². The molecule has 3 rings (SSSR count). The van der Waals surface area contributed by atoms with Gasteiger partial charge in [0.25, 0.3) is 5.91 Å². The van der Waals surface area contributed by atoms with Gasteiger partial charge in [-0.15, -0.1) is 0 Å². The van der Waals surface area contributed by atoms with Gasteiger partial charge in [0.2, 0.25) is 0 Å². The van der Waals surface area contributed by atoms with Crippen LogP contribution in [-0.2, 0) is 0 Å². The number of nitrogens with two attached hydrogens (primary N) is 1. The van der Waals surface area contributed by atoms with Gasteiger partial charge in [-0.3, -0.25) is 4.79 Å². The van der Waals surface area contributed by atoms with Crippen LogP contribution in [0.15, 0.2) is 12.1 Å². The number of anilines is 1. The summed E-state index contributed by atoms with van der Waals surface area (Å²) in [5, 5.41) is 0. The number of carbonyl (C=O) groups is 1. The van der Waals surface area contributed by atoms with Gasteiger partial charge >= 0.3 is 0 Å². The molecule has 1 aromatic heterocycles. The van der Waals surface area contributed by atoms with E-state index in [9.17, 15) is 4.79 Å². The van der Waals surface area contributed by atoms with E-state index in [1.807, 2.05) is 17.9 Å². The van der Waals surface area contributed by atoms with Gasteiger partial charge in [-0.05, 0) is 50.2 Å². The number of rotatable bonds is 2. The van der Waals surface area contributed by atoms with Crippen LogP contribution in [0.4, 0.5) is 5.82 Å². The lowest BCUT2D eigenvalue weighted by molar-refractivity contribution is 0.0587. The van der Waals surface area contributed by atoms with Gasteiger partial charge in [0.05, 0.1) is 0 Å². The van der Waals surface area contributed by atoms with Crippen molar-refractivity contribution in [2.75, 3.05) is 18.5 Å². The Morgan fingerprint density at radius 1 is 1.24 bits per heavy atom. The summed E-state index contributed by atoms with van der Waals surface area (Å²) in [5.74, 6) is 6.05. The number of hydrazine groups is 1. The summed E-state index contributed by atoms with van der Waals surface area (Å²) >= 11 is 0. The van der Waals surface area contributed by atoms with Gasteiger partial charge in [-0.25, -0.2) is 10.8 Å². The minimum absolute atomic E-state index is 0.102. The number of amides is 1. The van der Waals surface area contributed by atoms with E-state index in [0.29, 0.717) is 16.8 Å². The van der Waals surface area contributed by atoms with Crippen molar-refractivity contribution in [3.8, 4) is 0 Å². The van der Waals surface area contributed by atoms with Crippen molar-refractivity contribution in [3.05, 3.63) is 23.4 Å². The highest BCUT2D eigenvalue weighted by molar-refractivity contribution is 5.95. The van der Waals surface area contributed by atoms with Gasteiger partial charge in [0.15, 0.2) is 0 Å². The second-order valence-electron chi connectivity index (χ2n) is 6.53. The molecule has 21 heavy (non-hydrogen) atoms. The van der Waals surface area contributed by atoms with E-state index in [-0.39, 0.29) is 5.91 Å². The van der Waals surface area contributed by atoms with Crippen molar-refractivity contribution < 1.29 is 4.79 Å². The molecule has 1 aliphatic carbocycles. The molecule has 0 aromatic carbocycles. The van der Waals surface area contributed by atoms with E-state index in [0.717, 1.165) is 31.6 Å². The molecule has 0 radical (unpaired) electrons. The zero-order valence-corrected chi connectivity index (χ0v) is 12.7. The van der Waals surface area contributed by atoms with Crippen molar-refractivity contribution in [2.45, 2.75) is 45.4 Å². The average molecular weight is 288 g/mol. The molecule has 1 spiro atoms. The van der Waals surface area contributed by atoms with Crippen LogP contribution in [0.3, 0.4) is 0 Å². The fraction of sp³-hybridized carbons (Fsp3) is 0.625. The minimum Gasteiger partial charge on any atom is -0.339 e. The first-order valence-electron chi connectivity index (χ1n) is 7.86. The number of aryl methyl sites for hydroxylation is 1. The molecule has 2 fully saturated rings. The van der Waals surface area contributed by atoms with Crippen LogP contribution < -0.4 is 11.3 Å². The molecule has 0 unspecified atom stereocenters. The highest BCUT2D eigenvalue weighted by atomic mass is 16.2. The van der Waals surface area contributed by atoms with Crippen LogP contribution in [0.5, 0.6) is 0 Å². The third-order valence-corrected chi connectivity index (χ3v) is 5.12. The van der Waals surface area contributed by atoms with Crippen molar-refractivity contribution in [2.24, 2.45) is 11.3 Å². The number of hydrogen-bond acceptors (Lipinski definition) is 4. The highest BCUT2D eigenvalue weighted by Gasteiger charge is 2.38. The molecule has 0 atom stereocenters. The normalized spacial score (nSPS) is 20.8. The lowest BCUT2D eigenvalue weighted by atomic mass is 9.77. The molecule has 0 bridgehead atoms. The predicted molar refractivity (Wildman–Crippen MR) is 82.8 cm³/mol. The molecule has 2 heterocycles. The molecule has 2 aliphatic rings. The summed E-state index contributed by atoms with van der Waals surface area (Å²) in [7, 11) is 0. The summed E-state index contributed by atoms with van der Waals surface area (Å²) in [5.41, 5.74) is 4.54. The van der Waals surface area contributed by atoms with Gasteiger partial charge in [-0.2, -0.15) is 0 Å². The van der Waals surface area contributed by atoms with E-state index in [1.54, 1.807) is 6.07 Å². The van der Waals surface area contributed by atoms with Gasteiger partial charge in [-0.1, -0.05) is 12.8 Å². The predicted octanol–water partition coefficient (Wildman–Crippen LogP) is 2.47. The van der Waals surface area contributed by atoms with E-state index < -0.39 is 0 Å². The summed E-state index contributed by atoms with van der Waals surface area (Å²) < 4.78 is 0. The molecule has 5 nitrogen and oxygen atoms in total. The van der Waals surface area contributed by atoms with E-state index in [1.165, 1.54) is 25.7 Å². The zero-order chi connectivity index (χ0) is 14.9. The van der Waals surface area contributed by atoms with E-state index in [4.69, 9.17) is 5.84 Å². The molecule has 1 aromatic rings. The van der Waals surface area contributed by atoms with Gasteiger partial charge in [0.1, 0.15) is 5.82 Å². The quantitative estimate of drug-likeness (QED) is 0.648. The monoisotopic (exact) mass is 288 g/mol. The number of aromatic nitrogens is 1. The lowest BCUT2D eigenvalue weighted by Gasteiger charge is -2.39. The summed E-state index contributed by atoms with van der Waals surface area (Å²) in [6.45, 7) is 3.64. The average Bonchev–Trinajstić information content (AvgIpc) is 2.95. The molecule has 5 heteroatoms. The lowest BCUT2D eigenvalue weighted by Crippen LogP contribution is -2.42. The largest absolute Gasteiger partial charge is 0.339 e. The Morgan fingerprint density at radius 2 is 1.90 bits per heavy atom. The summed E-state index contributed by atoms with van der Waals surface area (Å²) in [6, 6.07) is 3.57. The Hall–Kier alpha value is -1.62. The molecule has 1 saturated carbocycles. The Morgan fingerprint density at radius 3 is 2.52 bits per heavy atom. The Balaban J connectivity index is 1.70. The second-order valence-corrected chi connectivity index (χ2v) is 6.53. The van der Waals surface area contributed by atoms with Crippen LogP contribution in [0, 0.1) is 12.3 Å². The first-order valence-corrected chi connectivity index (χ1v) is 7.86. The maximum absolute atomic E-state index is 12.7. The van der Waals surface area contributed by atoms with Crippen molar-refractivity contribution in [1.29, 1.82) is 0 Å². The van der Waals surface area contributed by atoms with Crippen LogP contribution in [0.25, 0.3) is 0 Å². The summed E-state index contributed by atoms with van der Waals surface area (Å²) in [6.07, 6.45) is 7.75. The third-order valence-electron chi connectivity index (χ3n) is 5.12. The van der Waals surface area contributed by atoms with Crippen LogP contribution in [0.1, 0.15) is 54.6 Å². The maximum atomic E-state index is 12.7. The number of nitrogens with one attached hydrogen (secondary N) is 1. The molecule has 114 valence electrons. The maximum Gasteiger partial charge on any atom is 0.254 e. The summed E-state index contributed by atoms with van der Waals surface area (Å²) in [4.78, 5) is 18.9. The highest BCUT2D eigenvalue weighted by Crippen LogP contribution is 2.46. The fourth-order valence-electron chi connectivity index (χ4n) is 3.86. The molecule has 1 amide bonds. The standard InChI is InChI=1S/C16H24N4O/c1-12-10-13(11-14(18-12)19-17)15(21)20-8-6-16(7-9-20)4-2-3-5-16/h10-11H,2-9,17H2,1H3,(H,18,19). The van der Waals surface area contributed by atoms with Gasteiger partial charge < -0.3 is 10.3 Å². The number of hydrogen-bond donors (Lipinski definition) is 2. The Kier molecular flexibility index (Phi) is 3.85. The zero-order valence-electron chi connectivity index (χ0n) is 12.7. The first kappa shape index (κ1) is 14.3. The van der Waals surface area contributed by atoms with Crippen molar-refractivity contribution in [1.82, 2.24) is 9.88 Å². The number of nitrogen functional groups attached to an aromatic ring is 1. The molecular formula is C16H24N4O. The SMILES string of the molecule is Cc1cc(C(=O)N2CCC3(CCCC3)CC2)cc(NN)n1. The topological polar surface area (TPSA) is 71.2 Å². The Labute approximate surface area is 125 Å². The smallest absolute Gasteiger partial charge is 0.254 e. The molecule has 3 N–H and O–H groups in total. The van der Waals surface area contributed by atoms with Crippen molar-refractivity contribution >= 4 is 11.7 Å². The minimum atomic E-state index is 0.102. The van der Waals surface area contributed by atoms with Crippen LogP contribution in [0.2, 0.25) is 0 Å². The number of carbonyl (C=O) groups excluding carboxylic acids is 1. The fourth-order valence-corrected chi connectivity index (χ4v) is 3.86. The third kappa shape index (κ3) is 2.88. The van der Waals surface area contributed by atoms with Crippen LogP contribution in [-0.4, -0.2) is 28.9 Å². The molecule has 1 aliphatic heterocycles. The van der Waals surface area contributed by atoms with E-state index in [2.05, 4.69) is 10.4 Å². The Bertz CT molecular complexity index is 527.